The summed E-state index contributed by atoms with van der Waals surface area (Å²) in [6, 6.07) is 8.37. The van der Waals surface area contributed by atoms with E-state index in [1.807, 2.05) is 0 Å². The second kappa shape index (κ2) is 4.00. The molecule has 88 valence electrons. The van der Waals surface area contributed by atoms with Gasteiger partial charge in [-0.1, -0.05) is 12.1 Å². The molecule has 17 heavy (non-hydrogen) atoms. The molecule has 3 rings (SSSR count). The fraction of sp³-hybridized carbons (Fsp3) is 0.357. The Kier molecular flexibility index (Phi) is 2.48. The average molecular weight is 228 g/mol. The number of rotatable bonds is 4. The van der Waals surface area contributed by atoms with Crippen molar-refractivity contribution in [3.05, 3.63) is 42.3 Å². The molecule has 0 radical (unpaired) electrons. The monoisotopic (exact) mass is 228 g/mol. The lowest BCUT2D eigenvalue weighted by molar-refractivity contribution is 0.574. The van der Waals surface area contributed by atoms with Crippen molar-refractivity contribution < 1.29 is 4.42 Å². The maximum Gasteiger partial charge on any atom is 0.225 e. The van der Waals surface area contributed by atoms with Crippen molar-refractivity contribution in [2.75, 3.05) is 0 Å². The van der Waals surface area contributed by atoms with Crippen molar-refractivity contribution in [2.24, 2.45) is 5.73 Å². The van der Waals surface area contributed by atoms with Crippen LogP contribution in [0.2, 0.25) is 0 Å². The Morgan fingerprint density at radius 1 is 1.24 bits per heavy atom. The summed E-state index contributed by atoms with van der Waals surface area (Å²) < 4.78 is 5.25. The van der Waals surface area contributed by atoms with Gasteiger partial charge in [0.05, 0.1) is 6.20 Å². The molecule has 1 aromatic heterocycles. The zero-order valence-corrected chi connectivity index (χ0v) is 9.73. The highest BCUT2D eigenvalue weighted by Gasteiger charge is 2.37. The standard InChI is InChI=1S/C14H16N2O/c15-14(7-8-14)6-5-11-1-3-12(4-2-11)13-16-9-10-17-13/h1-4,9-10H,5-8,15H2. The van der Waals surface area contributed by atoms with Gasteiger partial charge in [0.1, 0.15) is 6.26 Å². The van der Waals surface area contributed by atoms with Crippen LogP contribution in [0.4, 0.5) is 0 Å². The zero-order chi connectivity index (χ0) is 11.7. The van der Waals surface area contributed by atoms with E-state index in [-0.39, 0.29) is 5.54 Å². The molecule has 1 aromatic carbocycles. The third-order valence-electron chi connectivity index (χ3n) is 3.44. The number of benzene rings is 1. The van der Waals surface area contributed by atoms with E-state index in [0.717, 1.165) is 18.4 Å². The molecule has 0 atom stereocenters. The van der Waals surface area contributed by atoms with Gasteiger partial charge in [0.2, 0.25) is 5.89 Å². The Morgan fingerprint density at radius 2 is 2.00 bits per heavy atom. The summed E-state index contributed by atoms with van der Waals surface area (Å²) in [5.41, 5.74) is 8.57. The van der Waals surface area contributed by atoms with Gasteiger partial charge in [0.15, 0.2) is 0 Å². The van der Waals surface area contributed by atoms with Gasteiger partial charge >= 0.3 is 0 Å². The van der Waals surface area contributed by atoms with Gasteiger partial charge in [-0.3, -0.25) is 0 Å². The Bertz CT molecular complexity index is 483. The first-order valence-electron chi connectivity index (χ1n) is 6.03. The van der Waals surface area contributed by atoms with E-state index in [9.17, 15) is 0 Å². The number of hydrogen-bond acceptors (Lipinski definition) is 3. The SMILES string of the molecule is NC1(CCc2ccc(-c3ncco3)cc2)CC1. The molecule has 1 saturated carbocycles. The highest BCUT2D eigenvalue weighted by molar-refractivity contribution is 5.53. The third kappa shape index (κ3) is 2.39. The number of aryl methyl sites for hydroxylation is 1. The number of hydrogen-bond donors (Lipinski definition) is 1. The molecule has 3 nitrogen and oxygen atoms in total. The van der Waals surface area contributed by atoms with Crippen LogP contribution in [0.5, 0.6) is 0 Å². The molecule has 2 N–H and O–H groups in total. The van der Waals surface area contributed by atoms with Gasteiger partial charge in [0, 0.05) is 11.1 Å². The van der Waals surface area contributed by atoms with E-state index in [2.05, 4.69) is 29.2 Å². The molecular formula is C14H16N2O. The summed E-state index contributed by atoms with van der Waals surface area (Å²) in [5.74, 6) is 0.675. The highest BCUT2D eigenvalue weighted by Crippen LogP contribution is 2.36. The predicted octanol–water partition coefficient (Wildman–Crippen LogP) is 2.77. The van der Waals surface area contributed by atoms with E-state index < -0.39 is 0 Å². The summed E-state index contributed by atoms with van der Waals surface area (Å²) in [6.07, 6.45) is 7.76. The molecular weight excluding hydrogens is 212 g/mol. The maximum absolute atomic E-state index is 6.08. The van der Waals surface area contributed by atoms with Crippen LogP contribution in [-0.2, 0) is 6.42 Å². The van der Waals surface area contributed by atoms with Gasteiger partial charge in [0.25, 0.3) is 0 Å². The first-order valence-corrected chi connectivity index (χ1v) is 6.03. The lowest BCUT2D eigenvalue weighted by Crippen LogP contribution is -2.22. The van der Waals surface area contributed by atoms with Crippen LogP contribution >= 0.6 is 0 Å². The van der Waals surface area contributed by atoms with E-state index in [1.165, 1.54) is 18.4 Å². The number of nitrogens with two attached hydrogens (primary N) is 1. The third-order valence-corrected chi connectivity index (χ3v) is 3.44. The minimum Gasteiger partial charge on any atom is -0.445 e. The normalized spacial score (nSPS) is 17.0. The molecule has 2 aromatic rings. The Hall–Kier alpha value is -1.61. The van der Waals surface area contributed by atoms with Gasteiger partial charge in [-0.05, 0) is 43.4 Å². The summed E-state index contributed by atoms with van der Waals surface area (Å²) >= 11 is 0. The molecule has 0 aliphatic heterocycles. The van der Waals surface area contributed by atoms with E-state index in [1.54, 1.807) is 12.5 Å². The lowest BCUT2D eigenvalue weighted by atomic mass is 10.0. The minimum absolute atomic E-state index is 0.140. The molecule has 1 aliphatic carbocycles. The van der Waals surface area contributed by atoms with Crippen molar-refractivity contribution in [3.63, 3.8) is 0 Å². The van der Waals surface area contributed by atoms with Crippen molar-refractivity contribution in [1.29, 1.82) is 0 Å². The first kappa shape index (κ1) is 10.5. The van der Waals surface area contributed by atoms with Crippen molar-refractivity contribution in [2.45, 2.75) is 31.2 Å². The van der Waals surface area contributed by atoms with Crippen LogP contribution in [0, 0.1) is 0 Å². The summed E-state index contributed by atoms with van der Waals surface area (Å²) in [5, 5.41) is 0. The molecule has 0 bridgehead atoms. The summed E-state index contributed by atoms with van der Waals surface area (Å²) in [4.78, 5) is 4.12. The van der Waals surface area contributed by atoms with Gasteiger partial charge in [-0.15, -0.1) is 0 Å². The molecule has 0 unspecified atom stereocenters. The van der Waals surface area contributed by atoms with E-state index >= 15 is 0 Å². The van der Waals surface area contributed by atoms with Gasteiger partial charge in [-0.25, -0.2) is 4.98 Å². The second-order valence-corrected chi connectivity index (χ2v) is 4.90. The van der Waals surface area contributed by atoms with Crippen LogP contribution in [0.15, 0.2) is 41.1 Å². The lowest BCUT2D eigenvalue weighted by Gasteiger charge is -2.08. The smallest absolute Gasteiger partial charge is 0.225 e. The van der Waals surface area contributed by atoms with Crippen LogP contribution in [-0.4, -0.2) is 10.5 Å². The van der Waals surface area contributed by atoms with Crippen LogP contribution in [0.25, 0.3) is 11.5 Å². The molecule has 1 aliphatic rings. The second-order valence-electron chi connectivity index (χ2n) is 4.90. The van der Waals surface area contributed by atoms with Crippen molar-refractivity contribution in [1.82, 2.24) is 4.98 Å². The largest absolute Gasteiger partial charge is 0.445 e. The molecule has 0 saturated heterocycles. The topological polar surface area (TPSA) is 52.0 Å². The predicted molar refractivity (Wildman–Crippen MR) is 66.4 cm³/mol. The Morgan fingerprint density at radius 3 is 2.59 bits per heavy atom. The average Bonchev–Trinajstić information content (AvgIpc) is 2.89. The van der Waals surface area contributed by atoms with Crippen LogP contribution in [0.3, 0.4) is 0 Å². The quantitative estimate of drug-likeness (QED) is 0.875. The maximum atomic E-state index is 6.08. The van der Waals surface area contributed by atoms with Gasteiger partial charge < -0.3 is 10.2 Å². The Balaban J connectivity index is 1.67. The minimum atomic E-state index is 0.140. The zero-order valence-electron chi connectivity index (χ0n) is 9.73. The number of nitrogens with zero attached hydrogens (tertiary/aromatic N) is 1. The summed E-state index contributed by atoms with van der Waals surface area (Å²) in [6.45, 7) is 0. The van der Waals surface area contributed by atoms with Crippen LogP contribution in [0.1, 0.15) is 24.8 Å². The number of oxazole rings is 1. The highest BCUT2D eigenvalue weighted by atomic mass is 16.3. The first-order chi connectivity index (χ1) is 8.25. The Labute approximate surface area is 101 Å². The fourth-order valence-corrected chi connectivity index (χ4v) is 1.98. The van der Waals surface area contributed by atoms with Gasteiger partial charge in [-0.2, -0.15) is 0 Å². The molecule has 1 fully saturated rings. The van der Waals surface area contributed by atoms with Crippen molar-refractivity contribution >= 4 is 0 Å². The summed E-state index contributed by atoms with van der Waals surface area (Å²) in [7, 11) is 0. The molecule has 0 amide bonds. The van der Waals surface area contributed by atoms with Crippen molar-refractivity contribution in [3.8, 4) is 11.5 Å². The van der Waals surface area contributed by atoms with E-state index in [0.29, 0.717) is 5.89 Å². The number of aromatic nitrogens is 1. The molecule has 0 spiro atoms. The van der Waals surface area contributed by atoms with Crippen LogP contribution < -0.4 is 5.73 Å². The molecule has 3 heteroatoms. The fourth-order valence-electron chi connectivity index (χ4n) is 1.98. The molecule has 1 heterocycles. The van der Waals surface area contributed by atoms with E-state index in [4.69, 9.17) is 10.2 Å².